The first-order valence-electron chi connectivity index (χ1n) is 13.5. The Bertz CT molecular complexity index is 1190. The van der Waals surface area contributed by atoms with Crippen molar-refractivity contribution in [3.05, 3.63) is 89.4 Å². The van der Waals surface area contributed by atoms with Crippen molar-refractivity contribution in [3.63, 3.8) is 0 Å². The number of allylic oxidation sites excluding steroid dienone is 3. The first kappa shape index (κ1) is 33.4. The highest BCUT2D eigenvalue weighted by molar-refractivity contribution is 8.26. The van der Waals surface area contributed by atoms with E-state index in [1.165, 1.54) is 0 Å². The first-order chi connectivity index (χ1) is 19.8. The van der Waals surface area contributed by atoms with Crippen LogP contribution in [0.1, 0.15) is 43.2 Å². The predicted molar refractivity (Wildman–Crippen MR) is 166 cm³/mol. The number of amides is 1. The van der Waals surface area contributed by atoms with E-state index in [0.717, 1.165) is 40.8 Å². The number of benzene rings is 2. The molecule has 1 amide bonds. The van der Waals surface area contributed by atoms with E-state index in [4.69, 9.17) is 26.7 Å². The molecule has 2 aromatic carbocycles. The minimum Gasteiger partial charge on any atom is -0.493 e. The Balaban J connectivity index is 1.67. The van der Waals surface area contributed by atoms with Crippen molar-refractivity contribution in [2.24, 2.45) is 16.5 Å². The number of aliphatic hydroxyl groups is 2. The summed E-state index contributed by atoms with van der Waals surface area (Å²) in [6.45, 7) is 0.461. The molecule has 9 N–H and O–H groups in total. The quantitative estimate of drug-likeness (QED) is 0.0518. The second-order valence-corrected chi connectivity index (χ2v) is 10.4. The van der Waals surface area contributed by atoms with Gasteiger partial charge in [0.25, 0.3) is 0 Å². The van der Waals surface area contributed by atoms with Gasteiger partial charge in [0.05, 0.1) is 23.9 Å². The fourth-order valence-electron chi connectivity index (χ4n) is 3.72. The van der Waals surface area contributed by atoms with Gasteiger partial charge in [-0.05, 0) is 72.9 Å². The molecule has 0 aliphatic heterocycles. The van der Waals surface area contributed by atoms with E-state index in [0.29, 0.717) is 49.6 Å². The molecule has 10 nitrogen and oxygen atoms in total. The number of amidine groups is 1. The predicted octanol–water partition coefficient (Wildman–Crippen LogP) is 3.16. The SMILES string of the molecule is CN=C(CCCC/C(N)=C/C=C(\N)NC(O)Cc1ccccc1)SC(=N)NC(=O)Cc1cccc(OCCCO)c1. The lowest BCUT2D eigenvalue weighted by Gasteiger charge is -2.14. The van der Waals surface area contributed by atoms with Gasteiger partial charge < -0.3 is 37.1 Å². The van der Waals surface area contributed by atoms with Gasteiger partial charge in [-0.1, -0.05) is 42.5 Å². The van der Waals surface area contributed by atoms with Crippen LogP contribution in [0.2, 0.25) is 0 Å². The van der Waals surface area contributed by atoms with E-state index in [-0.39, 0.29) is 24.1 Å². The third kappa shape index (κ3) is 15.0. The number of aliphatic hydroxyl groups excluding tert-OH is 2. The molecule has 0 spiro atoms. The maximum Gasteiger partial charge on any atom is 0.230 e. The summed E-state index contributed by atoms with van der Waals surface area (Å²) in [6, 6.07) is 16.9. The number of rotatable bonds is 16. The van der Waals surface area contributed by atoms with Crippen molar-refractivity contribution >= 4 is 27.9 Å². The molecule has 0 aromatic heterocycles. The van der Waals surface area contributed by atoms with Crippen molar-refractivity contribution in [2.75, 3.05) is 20.3 Å². The Morgan fingerprint density at radius 2 is 1.80 bits per heavy atom. The van der Waals surface area contributed by atoms with Gasteiger partial charge in [-0.15, -0.1) is 0 Å². The normalized spacial score (nSPS) is 13.0. The van der Waals surface area contributed by atoms with Crippen LogP contribution in [0.5, 0.6) is 5.75 Å². The topological polar surface area (TPSA) is 179 Å². The van der Waals surface area contributed by atoms with Crippen LogP contribution < -0.4 is 26.8 Å². The molecule has 0 aliphatic rings. The standard InChI is InChI=1S/C30H42N6O4S/c1-34-29(41-30(33)36-28(39)21-23-11-7-13-25(19-23)40-18-8-17-37)14-6-5-12-24(31)15-16-26(32)35-27(38)20-22-9-3-2-4-10-22/h2-4,7,9-11,13,15-16,19,27,35,37-38H,5-6,8,12,14,17-18,20-21,31-32H2,1H3,(H2,33,36,39)/b24-15-,26-16+,34-29?. The number of hydrogen-bond acceptors (Lipinski definition) is 10. The highest BCUT2D eigenvalue weighted by atomic mass is 32.2. The molecule has 0 saturated heterocycles. The monoisotopic (exact) mass is 582 g/mol. The van der Waals surface area contributed by atoms with Crippen molar-refractivity contribution in [2.45, 2.75) is 51.2 Å². The molecule has 0 fully saturated rings. The van der Waals surface area contributed by atoms with Gasteiger partial charge in [-0.2, -0.15) is 0 Å². The number of nitrogens with two attached hydrogens (primary N) is 2. The molecule has 1 atom stereocenters. The van der Waals surface area contributed by atoms with Gasteiger partial charge in [-0.3, -0.25) is 15.2 Å². The van der Waals surface area contributed by atoms with E-state index in [1.54, 1.807) is 37.4 Å². The average molecular weight is 583 g/mol. The van der Waals surface area contributed by atoms with Crippen LogP contribution in [0.3, 0.4) is 0 Å². The Morgan fingerprint density at radius 3 is 2.54 bits per heavy atom. The number of hydrogen-bond donors (Lipinski definition) is 7. The van der Waals surface area contributed by atoms with Crippen molar-refractivity contribution in [3.8, 4) is 5.75 Å². The molecule has 0 saturated carbocycles. The minimum atomic E-state index is -0.801. The lowest BCUT2D eigenvalue weighted by atomic mass is 10.1. The summed E-state index contributed by atoms with van der Waals surface area (Å²) in [7, 11) is 1.67. The summed E-state index contributed by atoms with van der Waals surface area (Å²) < 4.78 is 5.55. The third-order valence-electron chi connectivity index (χ3n) is 5.74. The molecule has 0 radical (unpaired) electrons. The smallest absolute Gasteiger partial charge is 0.230 e. The number of nitrogens with zero attached hydrogens (tertiary/aromatic N) is 1. The van der Waals surface area contributed by atoms with Gasteiger partial charge in [0.15, 0.2) is 5.17 Å². The maximum atomic E-state index is 12.4. The van der Waals surface area contributed by atoms with E-state index in [1.807, 2.05) is 36.4 Å². The Morgan fingerprint density at radius 1 is 1.07 bits per heavy atom. The van der Waals surface area contributed by atoms with Gasteiger partial charge in [0.1, 0.15) is 12.0 Å². The van der Waals surface area contributed by atoms with Crippen LogP contribution in [0.25, 0.3) is 0 Å². The molecule has 41 heavy (non-hydrogen) atoms. The molecule has 222 valence electrons. The highest BCUT2D eigenvalue weighted by Gasteiger charge is 2.11. The van der Waals surface area contributed by atoms with E-state index < -0.39 is 6.23 Å². The number of ether oxygens (including phenoxy) is 1. The Kier molecular flexibility index (Phi) is 15.7. The van der Waals surface area contributed by atoms with Gasteiger partial charge >= 0.3 is 0 Å². The van der Waals surface area contributed by atoms with Gasteiger partial charge in [-0.25, -0.2) is 0 Å². The summed E-state index contributed by atoms with van der Waals surface area (Å²) >= 11 is 1.13. The number of carbonyl (C=O) groups excluding carboxylic acids is 1. The number of aliphatic imine (C=N–C) groups is 1. The lowest BCUT2D eigenvalue weighted by molar-refractivity contribution is -0.119. The van der Waals surface area contributed by atoms with Crippen LogP contribution in [0.15, 0.2) is 83.3 Å². The molecule has 2 rings (SSSR count). The van der Waals surface area contributed by atoms with Crippen LogP contribution in [0, 0.1) is 5.41 Å². The fourth-order valence-corrected chi connectivity index (χ4v) is 4.46. The van der Waals surface area contributed by atoms with Crippen LogP contribution >= 0.6 is 11.8 Å². The maximum absolute atomic E-state index is 12.4. The molecule has 0 heterocycles. The summed E-state index contributed by atoms with van der Waals surface area (Å²) in [5, 5.41) is 33.4. The van der Waals surface area contributed by atoms with E-state index >= 15 is 0 Å². The molecule has 11 heteroatoms. The second-order valence-electron chi connectivity index (χ2n) is 9.27. The van der Waals surface area contributed by atoms with Crippen LogP contribution in [0.4, 0.5) is 0 Å². The van der Waals surface area contributed by atoms with E-state index in [2.05, 4.69) is 15.6 Å². The molecule has 0 bridgehead atoms. The van der Waals surface area contributed by atoms with Gasteiger partial charge in [0.2, 0.25) is 5.91 Å². The van der Waals surface area contributed by atoms with Crippen LogP contribution in [-0.2, 0) is 17.6 Å². The molecule has 0 aliphatic carbocycles. The summed E-state index contributed by atoms with van der Waals surface area (Å²) in [5.41, 5.74) is 14.5. The third-order valence-corrected chi connectivity index (χ3v) is 6.67. The first-order valence-corrected chi connectivity index (χ1v) is 14.4. The number of thioether (sulfide) groups is 1. The van der Waals surface area contributed by atoms with Crippen molar-refractivity contribution in [1.82, 2.24) is 10.6 Å². The van der Waals surface area contributed by atoms with Crippen LogP contribution in [-0.4, -0.2) is 52.8 Å². The molecular formula is C30H42N6O4S. The molecule has 2 aromatic rings. The fraction of sp³-hybridized carbons (Fsp3) is 0.367. The average Bonchev–Trinajstić information content (AvgIpc) is 2.94. The van der Waals surface area contributed by atoms with E-state index in [9.17, 15) is 9.90 Å². The summed E-state index contributed by atoms with van der Waals surface area (Å²) in [6.07, 6.45) is 6.60. The zero-order valence-corrected chi connectivity index (χ0v) is 24.3. The minimum absolute atomic E-state index is 0.0212. The van der Waals surface area contributed by atoms with Crippen molar-refractivity contribution < 1.29 is 19.7 Å². The zero-order valence-electron chi connectivity index (χ0n) is 23.5. The summed E-state index contributed by atoms with van der Waals surface area (Å²) in [4.78, 5) is 16.7. The lowest BCUT2D eigenvalue weighted by Crippen LogP contribution is -2.33. The summed E-state index contributed by atoms with van der Waals surface area (Å²) in [5.74, 6) is 0.670. The highest BCUT2D eigenvalue weighted by Crippen LogP contribution is 2.16. The zero-order chi connectivity index (χ0) is 29.9. The second kappa shape index (κ2) is 19.3. The Hall–Kier alpha value is -3.80. The van der Waals surface area contributed by atoms with Crippen molar-refractivity contribution in [1.29, 1.82) is 5.41 Å². The molecular weight excluding hydrogens is 540 g/mol. The Labute approximate surface area is 246 Å². The largest absolute Gasteiger partial charge is 0.493 e. The molecule has 1 unspecified atom stereocenters. The number of carbonyl (C=O) groups is 1. The number of unbranched alkanes of at least 4 members (excludes halogenated alkanes) is 1. The van der Waals surface area contributed by atoms with Gasteiger partial charge in [0, 0.05) is 32.2 Å². The number of nitrogens with one attached hydrogen (secondary N) is 3.